The molecule has 0 amide bonds. The molecular weight excluding hydrogens is 264 g/mol. The van der Waals surface area contributed by atoms with E-state index in [1.807, 2.05) is 12.1 Å². The Kier molecular flexibility index (Phi) is 2.08. The van der Waals surface area contributed by atoms with E-state index in [1.165, 1.54) is 28.6 Å². The molecule has 2 nitrogen and oxygen atoms in total. The quantitative estimate of drug-likeness (QED) is 0.723. The molecule has 3 heteroatoms. The van der Waals surface area contributed by atoms with Crippen LogP contribution in [-0.2, 0) is 13.0 Å². The van der Waals surface area contributed by atoms with Crippen molar-refractivity contribution < 1.29 is 0 Å². The fourth-order valence-corrected chi connectivity index (χ4v) is 3.14. The van der Waals surface area contributed by atoms with Crippen LogP contribution in [-0.4, -0.2) is 4.57 Å². The van der Waals surface area contributed by atoms with E-state index in [2.05, 4.69) is 33.5 Å². The van der Waals surface area contributed by atoms with Gasteiger partial charge in [0.05, 0.1) is 17.1 Å². The van der Waals surface area contributed by atoms with Gasteiger partial charge in [-0.25, -0.2) is 0 Å². The number of benzene rings is 1. The van der Waals surface area contributed by atoms with Gasteiger partial charge in [0.1, 0.15) is 0 Å². The molecule has 1 aliphatic heterocycles. The molecule has 3 rings (SSSR count). The molecule has 1 aromatic carbocycles. The lowest BCUT2D eigenvalue weighted by Crippen LogP contribution is -2.08. The van der Waals surface area contributed by atoms with Gasteiger partial charge in [-0.2, -0.15) is 5.26 Å². The summed E-state index contributed by atoms with van der Waals surface area (Å²) in [4.78, 5) is 0. The smallest absolute Gasteiger partial charge is 0.0991 e. The summed E-state index contributed by atoms with van der Waals surface area (Å²) in [7, 11) is 0. The van der Waals surface area contributed by atoms with Crippen LogP contribution in [0.25, 0.3) is 10.9 Å². The Bertz CT molecular complexity index is 632. The first-order valence-corrected chi connectivity index (χ1v) is 6.23. The minimum atomic E-state index is 0.766. The van der Waals surface area contributed by atoms with Crippen molar-refractivity contribution in [2.45, 2.75) is 26.3 Å². The third kappa shape index (κ3) is 1.17. The Morgan fingerprint density at radius 1 is 1.44 bits per heavy atom. The Balaban J connectivity index is 2.51. The first-order chi connectivity index (χ1) is 7.72. The number of hydrogen-bond donors (Lipinski definition) is 0. The number of nitrogens with zero attached hydrogens (tertiary/aromatic N) is 2. The van der Waals surface area contributed by atoms with Crippen LogP contribution in [0.5, 0.6) is 0 Å². The average molecular weight is 275 g/mol. The second-order valence-electron chi connectivity index (χ2n) is 4.30. The van der Waals surface area contributed by atoms with Crippen LogP contribution in [0.1, 0.15) is 23.2 Å². The maximum absolute atomic E-state index is 9.03. The summed E-state index contributed by atoms with van der Waals surface area (Å²) >= 11 is 3.64. The van der Waals surface area contributed by atoms with Crippen LogP contribution >= 0.6 is 15.9 Å². The number of halogens is 1. The van der Waals surface area contributed by atoms with E-state index in [4.69, 9.17) is 5.26 Å². The Hall–Kier alpha value is -1.27. The summed E-state index contributed by atoms with van der Waals surface area (Å²) in [6.45, 7) is 3.22. The second kappa shape index (κ2) is 3.36. The Labute approximate surface area is 103 Å². The van der Waals surface area contributed by atoms with Crippen LogP contribution in [0.3, 0.4) is 0 Å². The van der Waals surface area contributed by atoms with Crippen LogP contribution in [0.4, 0.5) is 0 Å². The highest BCUT2D eigenvalue weighted by Crippen LogP contribution is 2.36. The van der Waals surface area contributed by atoms with E-state index < -0.39 is 0 Å². The number of rotatable bonds is 0. The highest BCUT2D eigenvalue weighted by molar-refractivity contribution is 9.10. The lowest BCUT2D eigenvalue weighted by Gasteiger charge is -2.16. The van der Waals surface area contributed by atoms with Crippen molar-refractivity contribution in [2.75, 3.05) is 0 Å². The predicted molar refractivity (Wildman–Crippen MR) is 67.4 cm³/mol. The summed E-state index contributed by atoms with van der Waals surface area (Å²) in [6.07, 6.45) is 2.25. The predicted octanol–water partition coefficient (Wildman–Crippen LogP) is 3.53. The molecule has 0 aliphatic carbocycles. The van der Waals surface area contributed by atoms with Gasteiger partial charge < -0.3 is 4.57 Å². The maximum Gasteiger partial charge on any atom is 0.0991 e. The van der Waals surface area contributed by atoms with Crippen molar-refractivity contribution in [1.82, 2.24) is 4.57 Å². The van der Waals surface area contributed by atoms with Crippen molar-refractivity contribution in [3.8, 4) is 6.07 Å². The van der Waals surface area contributed by atoms with Crippen LogP contribution in [0, 0.1) is 18.3 Å². The van der Waals surface area contributed by atoms with Gasteiger partial charge in [-0.05, 0) is 53.4 Å². The van der Waals surface area contributed by atoms with Crippen molar-refractivity contribution in [2.24, 2.45) is 0 Å². The minimum Gasteiger partial charge on any atom is -0.343 e. The minimum absolute atomic E-state index is 0.766. The SMILES string of the molecule is Cc1c(Br)c2cc(C#N)cc3c2n1CCC3. The molecule has 80 valence electrons. The molecule has 0 atom stereocenters. The third-order valence-electron chi connectivity index (χ3n) is 3.37. The van der Waals surface area contributed by atoms with Gasteiger partial charge in [0.25, 0.3) is 0 Å². The molecular formula is C13H11BrN2. The Morgan fingerprint density at radius 2 is 2.25 bits per heavy atom. The van der Waals surface area contributed by atoms with E-state index in [-0.39, 0.29) is 0 Å². The molecule has 0 fully saturated rings. The van der Waals surface area contributed by atoms with Gasteiger partial charge in [-0.1, -0.05) is 0 Å². The van der Waals surface area contributed by atoms with Gasteiger partial charge in [0.2, 0.25) is 0 Å². The summed E-state index contributed by atoms with van der Waals surface area (Å²) < 4.78 is 3.50. The molecule has 0 saturated carbocycles. The highest BCUT2D eigenvalue weighted by atomic mass is 79.9. The van der Waals surface area contributed by atoms with E-state index >= 15 is 0 Å². The molecule has 0 saturated heterocycles. The number of aryl methyl sites for hydroxylation is 2. The summed E-state index contributed by atoms with van der Waals surface area (Å²) in [5.41, 5.74) is 4.66. The van der Waals surface area contributed by atoms with Gasteiger partial charge in [-0.15, -0.1) is 0 Å². The van der Waals surface area contributed by atoms with E-state index in [0.717, 1.165) is 23.0 Å². The normalized spacial score (nSPS) is 14.1. The molecule has 1 aromatic heterocycles. The summed E-state index contributed by atoms with van der Waals surface area (Å²) in [5.74, 6) is 0. The molecule has 0 unspecified atom stereocenters. The van der Waals surface area contributed by atoms with Gasteiger partial charge in [-0.3, -0.25) is 0 Å². The molecule has 16 heavy (non-hydrogen) atoms. The highest BCUT2D eigenvalue weighted by Gasteiger charge is 2.19. The number of hydrogen-bond acceptors (Lipinski definition) is 1. The van der Waals surface area contributed by atoms with Gasteiger partial charge >= 0.3 is 0 Å². The van der Waals surface area contributed by atoms with E-state index in [9.17, 15) is 0 Å². The van der Waals surface area contributed by atoms with E-state index in [0.29, 0.717) is 0 Å². The monoisotopic (exact) mass is 274 g/mol. The third-order valence-corrected chi connectivity index (χ3v) is 4.38. The molecule has 0 N–H and O–H groups in total. The molecule has 0 bridgehead atoms. The lowest BCUT2D eigenvalue weighted by atomic mass is 10.0. The van der Waals surface area contributed by atoms with Crippen LogP contribution in [0.15, 0.2) is 16.6 Å². The van der Waals surface area contributed by atoms with E-state index in [1.54, 1.807) is 0 Å². The molecule has 2 heterocycles. The number of aromatic nitrogens is 1. The zero-order chi connectivity index (χ0) is 11.3. The molecule has 0 spiro atoms. The molecule has 0 radical (unpaired) electrons. The fourth-order valence-electron chi connectivity index (χ4n) is 2.62. The zero-order valence-corrected chi connectivity index (χ0v) is 10.6. The first-order valence-electron chi connectivity index (χ1n) is 5.43. The summed E-state index contributed by atoms with van der Waals surface area (Å²) in [6, 6.07) is 6.26. The number of nitriles is 1. The van der Waals surface area contributed by atoms with Crippen molar-refractivity contribution >= 4 is 26.8 Å². The molecule has 1 aliphatic rings. The van der Waals surface area contributed by atoms with Crippen LogP contribution in [0.2, 0.25) is 0 Å². The Morgan fingerprint density at radius 3 is 3.00 bits per heavy atom. The fraction of sp³-hybridized carbons (Fsp3) is 0.308. The van der Waals surface area contributed by atoms with Crippen molar-refractivity contribution in [1.29, 1.82) is 5.26 Å². The van der Waals surface area contributed by atoms with Gasteiger partial charge in [0.15, 0.2) is 0 Å². The maximum atomic E-state index is 9.03. The lowest BCUT2D eigenvalue weighted by molar-refractivity contribution is 0.622. The zero-order valence-electron chi connectivity index (χ0n) is 9.05. The van der Waals surface area contributed by atoms with Gasteiger partial charge in [0, 0.05) is 22.1 Å². The standard InChI is InChI=1S/C13H11BrN2/c1-8-12(14)11-6-9(7-15)5-10-3-2-4-16(8)13(10)11/h5-6H,2-4H2,1H3. The molecule has 2 aromatic rings. The second-order valence-corrected chi connectivity index (χ2v) is 5.09. The topological polar surface area (TPSA) is 28.7 Å². The summed E-state index contributed by atoms with van der Waals surface area (Å²) in [5, 5.41) is 10.2. The first kappa shape index (κ1) is 9.92. The largest absolute Gasteiger partial charge is 0.343 e. The van der Waals surface area contributed by atoms with Crippen molar-refractivity contribution in [3.63, 3.8) is 0 Å². The van der Waals surface area contributed by atoms with Crippen molar-refractivity contribution in [3.05, 3.63) is 33.4 Å². The average Bonchev–Trinajstić information content (AvgIpc) is 2.56. The van der Waals surface area contributed by atoms with Crippen LogP contribution < -0.4 is 0 Å².